The van der Waals surface area contributed by atoms with Crippen LogP contribution in [0.4, 0.5) is 5.82 Å². The lowest BCUT2D eigenvalue weighted by Crippen LogP contribution is -2.26. The van der Waals surface area contributed by atoms with Gasteiger partial charge in [0.05, 0.1) is 12.2 Å². The zero-order chi connectivity index (χ0) is 13.1. The minimum absolute atomic E-state index is 0.119. The van der Waals surface area contributed by atoms with Crippen molar-refractivity contribution in [3.63, 3.8) is 0 Å². The second-order valence-corrected chi connectivity index (χ2v) is 4.15. The summed E-state index contributed by atoms with van der Waals surface area (Å²) in [5.74, 6) is 0.164. The minimum Gasteiger partial charge on any atom is -0.384 e. The average molecular weight is 245 g/mol. The first-order valence-electron chi connectivity index (χ1n) is 5.60. The number of hydrogen-bond acceptors (Lipinski definition) is 4. The Balaban J connectivity index is 2.12. The van der Waals surface area contributed by atoms with Crippen LogP contribution in [0.15, 0.2) is 24.5 Å². The highest BCUT2D eigenvalue weighted by Crippen LogP contribution is 2.12. The Morgan fingerprint density at radius 1 is 1.50 bits per heavy atom. The van der Waals surface area contributed by atoms with E-state index in [1.54, 1.807) is 31.5 Å². The van der Waals surface area contributed by atoms with Crippen LogP contribution < -0.4 is 11.1 Å². The van der Waals surface area contributed by atoms with Crippen LogP contribution in [0.3, 0.4) is 0 Å². The summed E-state index contributed by atoms with van der Waals surface area (Å²) in [5.41, 5.74) is 7.76. The molecule has 0 aliphatic rings. The third-order valence-electron chi connectivity index (χ3n) is 2.60. The van der Waals surface area contributed by atoms with Gasteiger partial charge in [-0.2, -0.15) is 5.10 Å². The maximum atomic E-state index is 12.0. The van der Waals surface area contributed by atoms with Crippen LogP contribution in [0.5, 0.6) is 0 Å². The van der Waals surface area contributed by atoms with Crippen molar-refractivity contribution in [2.45, 2.75) is 19.9 Å². The van der Waals surface area contributed by atoms with E-state index < -0.39 is 0 Å². The Bertz CT molecular complexity index is 529. The normalized spacial score (nSPS) is 12.1. The zero-order valence-electron chi connectivity index (χ0n) is 10.3. The summed E-state index contributed by atoms with van der Waals surface area (Å²) in [6.07, 6.45) is 3.42. The predicted molar refractivity (Wildman–Crippen MR) is 67.9 cm³/mol. The maximum Gasteiger partial charge on any atom is 0.251 e. The molecule has 0 aliphatic carbocycles. The molecule has 0 aromatic carbocycles. The molecule has 2 aromatic heterocycles. The number of nitrogens with two attached hydrogens (primary N) is 1. The molecule has 1 atom stereocenters. The van der Waals surface area contributed by atoms with Crippen molar-refractivity contribution in [2.24, 2.45) is 0 Å². The average Bonchev–Trinajstić information content (AvgIpc) is 2.80. The van der Waals surface area contributed by atoms with E-state index in [2.05, 4.69) is 20.5 Å². The first-order chi connectivity index (χ1) is 8.56. The highest BCUT2D eigenvalue weighted by molar-refractivity contribution is 5.95. The van der Waals surface area contributed by atoms with Gasteiger partial charge in [-0.25, -0.2) is 4.98 Å². The number of nitrogen functional groups attached to an aromatic ring is 1. The number of anilines is 1. The molecule has 1 unspecified atom stereocenters. The number of aryl methyl sites for hydroxylation is 1. The molecule has 0 spiro atoms. The van der Waals surface area contributed by atoms with Gasteiger partial charge in [0.15, 0.2) is 0 Å². The Labute approximate surface area is 105 Å². The van der Waals surface area contributed by atoms with Crippen LogP contribution in [-0.2, 0) is 0 Å². The fraction of sp³-hybridized carbons (Fsp3) is 0.250. The number of hydrogen-bond donors (Lipinski definition) is 3. The number of aromatic amines is 1. The third-order valence-corrected chi connectivity index (χ3v) is 2.60. The molecule has 94 valence electrons. The smallest absolute Gasteiger partial charge is 0.251 e. The fourth-order valence-electron chi connectivity index (χ4n) is 1.69. The lowest BCUT2D eigenvalue weighted by atomic mass is 10.1. The molecule has 0 saturated carbocycles. The summed E-state index contributed by atoms with van der Waals surface area (Å²) in [4.78, 5) is 16.1. The van der Waals surface area contributed by atoms with Gasteiger partial charge in [-0.05, 0) is 26.0 Å². The number of carbonyl (C=O) groups is 1. The fourth-order valence-corrected chi connectivity index (χ4v) is 1.69. The van der Waals surface area contributed by atoms with Crippen LogP contribution in [0.1, 0.15) is 34.6 Å². The largest absolute Gasteiger partial charge is 0.384 e. The van der Waals surface area contributed by atoms with Crippen molar-refractivity contribution in [1.82, 2.24) is 20.5 Å². The number of nitrogens with one attached hydrogen (secondary N) is 2. The van der Waals surface area contributed by atoms with Crippen LogP contribution >= 0.6 is 0 Å². The van der Waals surface area contributed by atoms with Crippen molar-refractivity contribution >= 4 is 11.7 Å². The van der Waals surface area contributed by atoms with E-state index in [1.165, 1.54) is 0 Å². The second kappa shape index (κ2) is 4.87. The monoisotopic (exact) mass is 245 g/mol. The molecular formula is C12H15N5O. The number of rotatable bonds is 3. The second-order valence-electron chi connectivity index (χ2n) is 4.15. The molecule has 4 N–H and O–H groups in total. The molecule has 2 rings (SSSR count). The van der Waals surface area contributed by atoms with E-state index in [-0.39, 0.29) is 11.9 Å². The van der Waals surface area contributed by atoms with Crippen molar-refractivity contribution in [2.75, 3.05) is 5.73 Å². The molecule has 0 bridgehead atoms. The van der Waals surface area contributed by atoms with E-state index in [9.17, 15) is 4.79 Å². The molecule has 0 aliphatic heterocycles. The molecule has 18 heavy (non-hydrogen) atoms. The van der Waals surface area contributed by atoms with E-state index in [1.807, 2.05) is 6.92 Å². The van der Waals surface area contributed by atoms with Crippen molar-refractivity contribution < 1.29 is 4.79 Å². The summed E-state index contributed by atoms with van der Waals surface area (Å²) in [6.45, 7) is 3.69. The first kappa shape index (κ1) is 12.1. The van der Waals surface area contributed by atoms with Crippen LogP contribution in [0, 0.1) is 6.92 Å². The van der Waals surface area contributed by atoms with Gasteiger partial charge in [-0.1, -0.05) is 0 Å². The van der Waals surface area contributed by atoms with Crippen LogP contribution in [0.25, 0.3) is 0 Å². The number of H-pyrrole nitrogens is 1. The topological polar surface area (TPSA) is 96.7 Å². The SMILES string of the molecule is Cc1cc(C(=O)NC(C)c2cn[nH]c2)cc(N)n1. The molecular weight excluding hydrogens is 230 g/mol. The highest BCUT2D eigenvalue weighted by atomic mass is 16.1. The van der Waals surface area contributed by atoms with Gasteiger partial charge < -0.3 is 11.1 Å². The number of aromatic nitrogens is 3. The quantitative estimate of drug-likeness (QED) is 0.756. The summed E-state index contributed by atoms with van der Waals surface area (Å²) < 4.78 is 0. The van der Waals surface area contributed by atoms with Crippen molar-refractivity contribution in [3.8, 4) is 0 Å². The number of amides is 1. The van der Waals surface area contributed by atoms with E-state index >= 15 is 0 Å². The molecule has 2 aromatic rings. The molecule has 6 heteroatoms. The first-order valence-corrected chi connectivity index (χ1v) is 5.60. The van der Waals surface area contributed by atoms with Gasteiger partial charge in [-0.3, -0.25) is 9.89 Å². The van der Waals surface area contributed by atoms with Crippen molar-refractivity contribution in [1.29, 1.82) is 0 Å². The lowest BCUT2D eigenvalue weighted by Gasteiger charge is -2.12. The third kappa shape index (κ3) is 2.65. The van der Waals surface area contributed by atoms with Gasteiger partial charge >= 0.3 is 0 Å². The summed E-state index contributed by atoms with van der Waals surface area (Å²) in [6, 6.07) is 3.14. The van der Waals surface area contributed by atoms with Gasteiger partial charge in [0, 0.05) is 23.0 Å². The number of carbonyl (C=O) groups excluding carboxylic acids is 1. The van der Waals surface area contributed by atoms with Crippen molar-refractivity contribution in [3.05, 3.63) is 41.3 Å². The molecule has 2 heterocycles. The molecule has 0 fully saturated rings. The van der Waals surface area contributed by atoms with Crippen LogP contribution in [-0.4, -0.2) is 21.1 Å². The molecule has 0 saturated heterocycles. The predicted octanol–water partition coefficient (Wildman–Crippen LogP) is 1.19. The van der Waals surface area contributed by atoms with Gasteiger partial charge in [0.2, 0.25) is 0 Å². The van der Waals surface area contributed by atoms with E-state index in [4.69, 9.17) is 5.73 Å². The summed E-state index contributed by atoms with van der Waals surface area (Å²) in [5, 5.41) is 9.43. The highest BCUT2D eigenvalue weighted by Gasteiger charge is 2.13. The van der Waals surface area contributed by atoms with E-state index in [0.29, 0.717) is 11.4 Å². The summed E-state index contributed by atoms with van der Waals surface area (Å²) >= 11 is 0. The number of pyridine rings is 1. The number of nitrogens with zero attached hydrogens (tertiary/aromatic N) is 2. The lowest BCUT2D eigenvalue weighted by molar-refractivity contribution is 0.0939. The Morgan fingerprint density at radius 3 is 2.89 bits per heavy atom. The molecule has 6 nitrogen and oxygen atoms in total. The van der Waals surface area contributed by atoms with E-state index in [0.717, 1.165) is 11.3 Å². The maximum absolute atomic E-state index is 12.0. The van der Waals surface area contributed by atoms with Crippen LogP contribution in [0.2, 0.25) is 0 Å². The Kier molecular flexibility index (Phi) is 3.27. The van der Waals surface area contributed by atoms with Gasteiger partial charge in [0.1, 0.15) is 5.82 Å². The van der Waals surface area contributed by atoms with Gasteiger partial charge in [0.25, 0.3) is 5.91 Å². The Morgan fingerprint density at radius 2 is 2.28 bits per heavy atom. The standard InChI is InChI=1S/C12H15N5O/c1-7-3-9(4-11(13)16-7)12(18)17-8(2)10-5-14-15-6-10/h3-6,8H,1-2H3,(H2,13,16)(H,14,15)(H,17,18). The summed E-state index contributed by atoms with van der Waals surface area (Å²) in [7, 11) is 0. The van der Waals surface area contributed by atoms with Gasteiger partial charge in [-0.15, -0.1) is 0 Å². The molecule has 1 amide bonds. The Hall–Kier alpha value is -2.37. The molecule has 0 radical (unpaired) electrons. The zero-order valence-corrected chi connectivity index (χ0v) is 10.3. The minimum atomic E-state index is -0.180.